The fourth-order valence-corrected chi connectivity index (χ4v) is 2.55. The second-order valence-electron chi connectivity index (χ2n) is 5.39. The predicted octanol–water partition coefficient (Wildman–Crippen LogP) is 0.964. The third kappa shape index (κ3) is 3.53. The highest BCUT2D eigenvalue weighted by molar-refractivity contribution is 5.78. The Bertz CT molecular complexity index is 700. The summed E-state index contributed by atoms with van der Waals surface area (Å²) in [6.45, 7) is 2.12. The van der Waals surface area contributed by atoms with Crippen LogP contribution in [0.5, 0.6) is 0 Å². The number of rotatable bonds is 5. The van der Waals surface area contributed by atoms with Gasteiger partial charge in [0.25, 0.3) is 0 Å². The molecule has 2 aromatic rings. The van der Waals surface area contributed by atoms with Gasteiger partial charge in [-0.2, -0.15) is 4.98 Å². The zero-order valence-corrected chi connectivity index (χ0v) is 12.7. The summed E-state index contributed by atoms with van der Waals surface area (Å²) >= 11 is 0. The minimum Gasteiger partial charge on any atom is -0.349 e. The second kappa shape index (κ2) is 6.55. The molecule has 1 saturated heterocycles. The van der Waals surface area contributed by atoms with Crippen LogP contribution in [0.25, 0.3) is 0 Å². The molecule has 1 aliphatic heterocycles. The van der Waals surface area contributed by atoms with E-state index < -0.39 is 0 Å². The summed E-state index contributed by atoms with van der Waals surface area (Å²) in [5.41, 5.74) is 0.998. The normalized spacial score (nSPS) is 17.5. The number of hydrogen-bond acceptors (Lipinski definition) is 6. The van der Waals surface area contributed by atoms with Crippen molar-refractivity contribution in [2.24, 2.45) is 0 Å². The summed E-state index contributed by atoms with van der Waals surface area (Å²) in [5.74, 6) is 0.712. The van der Waals surface area contributed by atoms with Gasteiger partial charge in [0.2, 0.25) is 17.7 Å². The lowest BCUT2D eigenvalue weighted by molar-refractivity contribution is -0.130. The van der Waals surface area contributed by atoms with E-state index in [-0.39, 0.29) is 24.4 Å². The monoisotopic (exact) mass is 315 g/mol. The molecule has 0 saturated carbocycles. The Balaban J connectivity index is 1.73. The molecule has 3 heterocycles. The lowest BCUT2D eigenvalue weighted by atomic mass is 10.2. The van der Waals surface area contributed by atoms with E-state index >= 15 is 0 Å². The largest absolute Gasteiger partial charge is 0.349 e. The Morgan fingerprint density at radius 2 is 2.22 bits per heavy atom. The first-order valence-corrected chi connectivity index (χ1v) is 7.39. The topological polar surface area (TPSA) is 101 Å². The van der Waals surface area contributed by atoms with E-state index in [1.807, 2.05) is 12.1 Å². The Labute approximate surface area is 132 Å². The van der Waals surface area contributed by atoms with Gasteiger partial charge >= 0.3 is 0 Å². The molecule has 0 spiro atoms. The third-order valence-corrected chi connectivity index (χ3v) is 3.69. The summed E-state index contributed by atoms with van der Waals surface area (Å²) in [6.07, 6.45) is 4.50. The number of nitrogens with zero attached hydrogens (tertiary/aromatic N) is 4. The number of amides is 2. The summed E-state index contributed by atoms with van der Waals surface area (Å²) in [5, 5.41) is 6.46. The van der Waals surface area contributed by atoms with Crippen molar-refractivity contribution in [2.45, 2.75) is 38.9 Å². The van der Waals surface area contributed by atoms with E-state index in [1.165, 1.54) is 6.92 Å². The molecule has 2 aromatic heterocycles. The zero-order chi connectivity index (χ0) is 16.2. The van der Waals surface area contributed by atoms with Crippen molar-refractivity contribution in [3.05, 3.63) is 41.8 Å². The molecule has 1 atom stereocenters. The van der Waals surface area contributed by atoms with E-state index in [0.717, 1.165) is 5.56 Å². The van der Waals surface area contributed by atoms with Gasteiger partial charge in [-0.05, 0) is 24.1 Å². The first-order chi connectivity index (χ1) is 11.1. The van der Waals surface area contributed by atoms with Crippen LogP contribution in [-0.2, 0) is 22.7 Å². The molecule has 0 radical (unpaired) electrons. The first-order valence-electron chi connectivity index (χ1n) is 7.39. The summed E-state index contributed by atoms with van der Waals surface area (Å²) < 4.78 is 5.28. The van der Waals surface area contributed by atoms with Crippen molar-refractivity contribution in [3.8, 4) is 0 Å². The van der Waals surface area contributed by atoms with Gasteiger partial charge in [-0.15, -0.1) is 0 Å². The smallest absolute Gasteiger partial charge is 0.249 e. The summed E-state index contributed by atoms with van der Waals surface area (Å²) in [7, 11) is 0. The zero-order valence-electron chi connectivity index (χ0n) is 12.7. The van der Waals surface area contributed by atoms with E-state index in [1.54, 1.807) is 17.3 Å². The minimum atomic E-state index is -0.228. The molecule has 23 heavy (non-hydrogen) atoms. The van der Waals surface area contributed by atoms with Crippen LogP contribution >= 0.6 is 0 Å². The van der Waals surface area contributed by atoms with Gasteiger partial charge < -0.3 is 14.7 Å². The summed E-state index contributed by atoms with van der Waals surface area (Å²) in [6, 6.07) is 3.52. The average molecular weight is 315 g/mol. The van der Waals surface area contributed by atoms with Crippen LogP contribution in [0.1, 0.15) is 43.1 Å². The molecule has 3 rings (SSSR count). The Kier molecular flexibility index (Phi) is 4.31. The number of hydrogen-bond donors (Lipinski definition) is 1. The first kappa shape index (κ1) is 15.1. The maximum Gasteiger partial charge on any atom is 0.249 e. The van der Waals surface area contributed by atoms with Crippen LogP contribution in [0.3, 0.4) is 0 Å². The summed E-state index contributed by atoms with van der Waals surface area (Å²) in [4.78, 5) is 33.1. The van der Waals surface area contributed by atoms with Gasteiger partial charge in [-0.1, -0.05) is 5.16 Å². The molecule has 0 aliphatic carbocycles. The highest BCUT2D eigenvalue weighted by Gasteiger charge is 2.35. The molecule has 1 aliphatic rings. The average Bonchev–Trinajstić information content (AvgIpc) is 3.14. The molecule has 0 unspecified atom stereocenters. The molecule has 8 heteroatoms. The molecule has 2 amide bonds. The number of carbonyl (C=O) groups is 2. The third-order valence-electron chi connectivity index (χ3n) is 3.69. The quantitative estimate of drug-likeness (QED) is 0.882. The number of aromatic nitrogens is 3. The Morgan fingerprint density at radius 3 is 2.96 bits per heavy atom. The molecule has 8 nitrogen and oxygen atoms in total. The maximum absolute atomic E-state index is 12.1. The molecular weight excluding hydrogens is 298 g/mol. The van der Waals surface area contributed by atoms with E-state index in [9.17, 15) is 9.59 Å². The fraction of sp³-hybridized carbons (Fsp3) is 0.400. The SMILES string of the molecule is CC(=O)NCc1noc([C@@H]2CCC(=O)N2Cc2ccncc2)n1. The van der Waals surface area contributed by atoms with Crippen molar-refractivity contribution in [1.29, 1.82) is 0 Å². The van der Waals surface area contributed by atoms with Crippen molar-refractivity contribution < 1.29 is 14.1 Å². The number of likely N-dealkylation sites (tertiary alicyclic amines) is 1. The minimum absolute atomic E-state index is 0.0634. The van der Waals surface area contributed by atoms with E-state index in [4.69, 9.17) is 4.52 Å². The van der Waals surface area contributed by atoms with Crippen molar-refractivity contribution in [3.63, 3.8) is 0 Å². The van der Waals surface area contributed by atoms with Crippen molar-refractivity contribution in [2.75, 3.05) is 0 Å². The molecule has 1 fully saturated rings. The number of pyridine rings is 1. The van der Waals surface area contributed by atoms with Crippen molar-refractivity contribution >= 4 is 11.8 Å². The predicted molar refractivity (Wildman–Crippen MR) is 78.6 cm³/mol. The molecular formula is C15H17N5O3. The second-order valence-corrected chi connectivity index (χ2v) is 5.39. The van der Waals surface area contributed by atoms with Gasteiger partial charge in [0.1, 0.15) is 6.04 Å². The maximum atomic E-state index is 12.1. The van der Waals surface area contributed by atoms with Crippen LogP contribution in [0.4, 0.5) is 0 Å². The highest BCUT2D eigenvalue weighted by atomic mass is 16.5. The number of carbonyl (C=O) groups excluding carboxylic acids is 2. The fourth-order valence-electron chi connectivity index (χ4n) is 2.55. The number of nitrogens with one attached hydrogen (secondary N) is 1. The van der Waals surface area contributed by atoms with Crippen LogP contribution in [0.15, 0.2) is 29.0 Å². The van der Waals surface area contributed by atoms with E-state index in [2.05, 4.69) is 20.4 Å². The van der Waals surface area contributed by atoms with Gasteiger partial charge in [0.15, 0.2) is 5.82 Å². The Morgan fingerprint density at radius 1 is 1.43 bits per heavy atom. The van der Waals surface area contributed by atoms with Crippen LogP contribution in [0.2, 0.25) is 0 Å². The standard InChI is InChI=1S/C15H17N5O3/c1-10(21)17-8-13-18-15(23-19-13)12-2-3-14(22)20(12)9-11-4-6-16-7-5-11/h4-7,12H,2-3,8-9H2,1H3,(H,17,21)/t12-/m0/s1. The highest BCUT2D eigenvalue weighted by Crippen LogP contribution is 2.33. The lowest BCUT2D eigenvalue weighted by Crippen LogP contribution is -2.27. The van der Waals surface area contributed by atoms with Crippen molar-refractivity contribution in [1.82, 2.24) is 25.3 Å². The van der Waals surface area contributed by atoms with Crippen LogP contribution < -0.4 is 5.32 Å². The lowest BCUT2D eigenvalue weighted by Gasteiger charge is -2.21. The molecule has 120 valence electrons. The van der Waals surface area contributed by atoms with Gasteiger partial charge in [0, 0.05) is 32.3 Å². The van der Waals surface area contributed by atoms with Crippen LogP contribution in [0, 0.1) is 0 Å². The van der Waals surface area contributed by atoms with Gasteiger partial charge in [0.05, 0.1) is 6.54 Å². The van der Waals surface area contributed by atoms with Gasteiger partial charge in [-0.25, -0.2) is 0 Å². The van der Waals surface area contributed by atoms with Crippen LogP contribution in [-0.4, -0.2) is 31.8 Å². The Hall–Kier alpha value is -2.77. The molecule has 0 bridgehead atoms. The van der Waals surface area contributed by atoms with E-state index in [0.29, 0.717) is 31.1 Å². The van der Waals surface area contributed by atoms with Gasteiger partial charge in [-0.3, -0.25) is 14.6 Å². The molecule has 0 aromatic carbocycles. The molecule has 1 N–H and O–H groups in total.